The molecule has 2 amide bonds. The van der Waals surface area contributed by atoms with Crippen LogP contribution in [0.4, 0.5) is 10.6 Å². The van der Waals surface area contributed by atoms with Crippen LogP contribution in [0.5, 0.6) is 0 Å². The van der Waals surface area contributed by atoms with Crippen molar-refractivity contribution in [3.05, 3.63) is 53.7 Å². The second-order valence-corrected chi connectivity index (χ2v) is 7.71. The minimum Gasteiger partial charge on any atom is -0.353 e. The summed E-state index contributed by atoms with van der Waals surface area (Å²) in [6.07, 6.45) is 4.08. The van der Waals surface area contributed by atoms with Crippen molar-refractivity contribution in [1.82, 2.24) is 20.8 Å². The van der Waals surface area contributed by atoms with Crippen LogP contribution in [-0.4, -0.2) is 41.4 Å². The molecule has 1 aromatic heterocycles. The van der Waals surface area contributed by atoms with Gasteiger partial charge in [-0.2, -0.15) is 5.10 Å². The van der Waals surface area contributed by atoms with E-state index in [1.54, 1.807) is 0 Å². The average molecular weight is 365 g/mol. The molecule has 2 heterocycles. The molecule has 6 heteroatoms. The first-order valence-electron chi connectivity index (χ1n) is 9.84. The Morgan fingerprint density at radius 3 is 2.56 bits per heavy atom. The molecule has 1 saturated heterocycles. The first-order valence-corrected chi connectivity index (χ1v) is 9.84. The van der Waals surface area contributed by atoms with E-state index in [0.29, 0.717) is 5.92 Å². The highest BCUT2D eigenvalue weighted by molar-refractivity contribution is 5.75. The highest BCUT2D eigenvalue weighted by Crippen LogP contribution is 2.36. The van der Waals surface area contributed by atoms with E-state index in [1.807, 2.05) is 25.1 Å². The standard InChI is InChI=1S/C21H27N5O/c1-15-9-10-20(25-24-15)26-11-5-8-18(14-26)22-21(27)23-19-12-17(13-19)16-6-3-2-4-7-16/h2-4,6-7,9-10,17-19H,5,8,11-14H2,1H3,(H2,22,23,27). The Morgan fingerprint density at radius 2 is 1.81 bits per heavy atom. The van der Waals surface area contributed by atoms with Gasteiger partial charge in [0.2, 0.25) is 0 Å². The van der Waals surface area contributed by atoms with Gasteiger partial charge >= 0.3 is 6.03 Å². The molecule has 0 bridgehead atoms. The Labute approximate surface area is 160 Å². The van der Waals surface area contributed by atoms with Gasteiger partial charge in [-0.05, 0) is 56.2 Å². The molecule has 0 radical (unpaired) electrons. The lowest BCUT2D eigenvalue weighted by molar-refractivity contribution is 0.217. The Hall–Kier alpha value is -2.63. The van der Waals surface area contributed by atoms with Crippen molar-refractivity contribution >= 4 is 11.8 Å². The van der Waals surface area contributed by atoms with Crippen molar-refractivity contribution in [1.29, 1.82) is 0 Å². The van der Waals surface area contributed by atoms with Crippen LogP contribution in [0.2, 0.25) is 0 Å². The molecule has 2 aliphatic rings. The molecule has 6 nitrogen and oxygen atoms in total. The maximum atomic E-state index is 12.4. The van der Waals surface area contributed by atoms with Crippen LogP contribution in [0.15, 0.2) is 42.5 Å². The SMILES string of the molecule is Cc1ccc(N2CCCC(NC(=O)NC3CC(c4ccccc4)C3)C2)nn1. The maximum absolute atomic E-state index is 12.4. The Balaban J connectivity index is 1.23. The van der Waals surface area contributed by atoms with Crippen LogP contribution >= 0.6 is 0 Å². The fraction of sp³-hybridized carbons (Fsp3) is 0.476. The first kappa shape index (κ1) is 17.8. The number of amides is 2. The normalized spacial score (nSPS) is 24.8. The number of benzene rings is 1. The fourth-order valence-corrected chi connectivity index (χ4v) is 4.01. The van der Waals surface area contributed by atoms with Gasteiger partial charge in [-0.25, -0.2) is 4.79 Å². The fourth-order valence-electron chi connectivity index (χ4n) is 4.01. The zero-order chi connectivity index (χ0) is 18.6. The summed E-state index contributed by atoms with van der Waals surface area (Å²) in [6.45, 7) is 3.67. The van der Waals surface area contributed by atoms with E-state index in [9.17, 15) is 4.79 Å². The highest BCUT2D eigenvalue weighted by atomic mass is 16.2. The molecule has 1 aromatic carbocycles. The summed E-state index contributed by atoms with van der Waals surface area (Å²) in [7, 11) is 0. The lowest BCUT2D eigenvalue weighted by atomic mass is 9.76. The van der Waals surface area contributed by atoms with Crippen molar-refractivity contribution in [2.24, 2.45) is 0 Å². The maximum Gasteiger partial charge on any atom is 0.315 e. The summed E-state index contributed by atoms with van der Waals surface area (Å²) < 4.78 is 0. The number of hydrogen-bond acceptors (Lipinski definition) is 4. The van der Waals surface area contributed by atoms with E-state index in [4.69, 9.17) is 0 Å². The van der Waals surface area contributed by atoms with E-state index in [2.05, 4.69) is 50.0 Å². The topological polar surface area (TPSA) is 70.2 Å². The number of anilines is 1. The van der Waals surface area contributed by atoms with Gasteiger partial charge in [-0.1, -0.05) is 30.3 Å². The molecule has 1 aliphatic carbocycles. The van der Waals surface area contributed by atoms with E-state index < -0.39 is 0 Å². The third-order valence-electron chi connectivity index (χ3n) is 5.61. The minimum absolute atomic E-state index is 0.0478. The Bertz CT molecular complexity index is 758. The molecular weight excluding hydrogens is 338 g/mol. The van der Waals surface area contributed by atoms with Gasteiger partial charge in [0.25, 0.3) is 0 Å². The van der Waals surface area contributed by atoms with Crippen molar-refractivity contribution in [3.63, 3.8) is 0 Å². The van der Waals surface area contributed by atoms with E-state index >= 15 is 0 Å². The second kappa shape index (κ2) is 7.94. The van der Waals surface area contributed by atoms with E-state index in [0.717, 1.165) is 50.3 Å². The van der Waals surface area contributed by atoms with Gasteiger partial charge in [0.15, 0.2) is 5.82 Å². The van der Waals surface area contributed by atoms with Crippen molar-refractivity contribution in [2.45, 2.75) is 50.6 Å². The van der Waals surface area contributed by atoms with E-state index in [-0.39, 0.29) is 18.1 Å². The number of nitrogens with zero attached hydrogens (tertiary/aromatic N) is 3. The molecule has 4 rings (SSSR count). The smallest absolute Gasteiger partial charge is 0.315 e. The van der Waals surface area contributed by atoms with Crippen molar-refractivity contribution < 1.29 is 4.79 Å². The summed E-state index contributed by atoms with van der Waals surface area (Å²) in [5, 5.41) is 14.7. The largest absolute Gasteiger partial charge is 0.353 e. The third kappa shape index (κ3) is 4.38. The number of nitrogens with one attached hydrogen (secondary N) is 2. The molecule has 1 saturated carbocycles. The van der Waals surface area contributed by atoms with Gasteiger partial charge in [0.1, 0.15) is 0 Å². The predicted molar refractivity (Wildman–Crippen MR) is 106 cm³/mol. The quantitative estimate of drug-likeness (QED) is 0.874. The van der Waals surface area contributed by atoms with Gasteiger partial charge in [-0.15, -0.1) is 5.10 Å². The van der Waals surface area contributed by atoms with Crippen molar-refractivity contribution in [3.8, 4) is 0 Å². The average Bonchev–Trinajstić information content (AvgIpc) is 2.66. The molecule has 0 spiro atoms. The number of hydrogen-bond donors (Lipinski definition) is 2. The molecule has 2 aromatic rings. The molecule has 142 valence electrons. The van der Waals surface area contributed by atoms with Gasteiger partial charge in [-0.3, -0.25) is 0 Å². The van der Waals surface area contributed by atoms with Gasteiger partial charge in [0.05, 0.1) is 5.69 Å². The molecule has 2 N–H and O–H groups in total. The molecular formula is C21H27N5O. The highest BCUT2D eigenvalue weighted by Gasteiger charge is 2.32. The molecule has 1 unspecified atom stereocenters. The summed E-state index contributed by atoms with van der Waals surface area (Å²) in [6, 6.07) is 14.9. The Morgan fingerprint density at radius 1 is 1.04 bits per heavy atom. The summed E-state index contributed by atoms with van der Waals surface area (Å²) >= 11 is 0. The van der Waals surface area contributed by atoms with Crippen LogP contribution in [0.25, 0.3) is 0 Å². The zero-order valence-corrected chi connectivity index (χ0v) is 15.8. The number of aromatic nitrogens is 2. The third-order valence-corrected chi connectivity index (χ3v) is 5.61. The van der Waals surface area contributed by atoms with Crippen molar-refractivity contribution in [2.75, 3.05) is 18.0 Å². The molecule has 1 atom stereocenters. The number of urea groups is 1. The van der Waals surface area contributed by atoms with Gasteiger partial charge < -0.3 is 15.5 Å². The molecule has 1 aliphatic heterocycles. The lowest BCUT2D eigenvalue weighted by Crippen LogP contribution is -2.54. The van der Waals surface area contributed by atoms with Crippen LogP contribution in [0, 0.1) is 6.92 Å². The number of rotatable bonds is 4. The molecule has 2 fully saturated rings. The van der Waals surface area contributed by atoms with Crippen LogP contribution in [0.3, 0.4) is 0 Å². The first-order chi connectivity index (χ1) is 13.2. The second-order valence-electron chi connectivity index (χ2n) is 7.71. The molecule has 27 heavy (non-hydrogen) atoms. The number of carbonyl (C=O) groups excluding carboxylic acids is 1. The van der Waals surface area contributed by atoms with Crippen LogP contribution < -0.4 is 15.5 Å². The lowest BCUT2D eigenvalue weighted by Gasteiger charge is -2.37. The number of aryl methyl sites for hydroxylation is 1. The predicted octanol–water partition coefficient (Wildman–Crippen LogP) is 3.00. The summed E-state index contributed by atoms with van der Waals surface area (Å²) in [4.78, 5) is 14.6. The monoisotopic (exact) mass is 365 g/mol. The number of carbonyl (C=O) groups is 1. The summed E-state index contributed by atoms with van der Waals surface area (Å²) in [5.74, 6) is 1.46. The van der Waals surface area contributed by atoms with Crippen LogP contribution in [-0.2, 0) is 0 Å². The number of piperidine rings is 1. The van der Waals surface area contributed by atoms with E-state index in [1.165, 1.54) is 5.56 Å². The minimum atomic E-state index is -0.0478. The van der Waals surface area contributed by atoms with Crippen LogP contribution in [0.1, 0.15) is 42.9 Å². The summed E-state index contributed by atoms with van der Waals surface area (Å²) in [5.41, 5.74) is 2.29. The zero-order valence-electron chi connectivity index (χ0n) is 15.8. The Kier molecular flexibility index (Phi) is 5.23. The van der Waals surface area contributed by atoms with Gasteiger partial charge in [0, 0.05) is 25.2 Å².